The molecule has 18 heavy (non-hydrogen) atoms. The highest BCUT2D eigenvalue weighted by Crippen LogP contribution is 2.12. The standard InChI is InChI=1S/C13H17F2NO2/c1-18-6-2-3-12(16)13(17)8-9-7-10(14)4-5-11(9)15/h4-5,7,12H,2-3,6,8,16H2,1H3. The van der Waals surface area contributed by atoms with E-state index in [1.165, 1.54) is 0 Å². The second-order valence-electron chi connectivity index (χ2n) is 4.12. The van der Waals surface area contributed by atoms with Crippen molar-refractivity contribution in [3.8, 4) is 0 Å². The Bertz CT molecular complexity index is 410. The Morgan fingerprint density at radius 1 is 1.44 bits per heavy atom. The molecule has 5 heteroatoms. The first-order valence-corrected chi connectivity index (χ1v) is 5.75. The van der Waals surface area contributed by atoms with Crippen LogP contribution in [0.4, 0.5) is 8.78 Å². The third-order valence-corrected chi connectivity index (χ3v) is 2.65. The fourth-order valence-corrected chi connectivity index (χ4v) is 1.61. The number of benzene rings is 1. The highest BCUT2D eigenvalue weighted by atomic mass is 19.1. The molecule has 0 aliphatic carbocycles. The molecule has 3 nitrogen and oxygen atoms in total. The molecule has 1 aromatic rings. The minimum Gasteiger partial charge on any atom is -0.385 e. The molecule has 1 rings (SSSR count). The first-order valence-electron chi connectivity index (χ1n) is 5.75. The fraction of sp³-hybridized carbons (Fsp3) is 0.462. The number of methoxy groups -OCH3 is 1. The quantitative estimate of drug-likeness (QED) is 0.758. The maximum absolute atomic E-state index is 13.3. The smallest absolute Gasteiger partial charge is 0.153 e. The molecule has 100 valence electrons. The van der Waals surface area contributed by atoms with Crippen molar-refractivity contribution in [2.75, 3.05) is 13.7 Å². The Hall–Kier alpha value is -1.33. The van der Waals surface area contributed by atoms with Crippen molar-refractivity contribution in [1.82, 2.24) is 0 Å². The number of rotatable bonds is 7. The molecule has 0 aromatic heterocycles. The summed E-state index contributed by atoms with van der Waals surface area (Å²) < 4.78 is 31.1. The zero-order valence-electron chi connectivity index (χ0n) is 10.3. The molecule has 0 saturated carbocycles. The van der Waals surface area contributed by atoms with Gasteiger partial charge in [0.05, 0.1) is 6.04 Å². The molecule has 0 amide bonds. The van der Waals surface area contributed by atoms with Crippen LogP contribution in [0.15, 0.2) is 18.2 Å². The van der Waals surface area contributed by atoms with Gasteiger partial charge in [-0.1, -0.05) is 0 Å². The molecule has 1 aromatic carbocycles. The number of Topliss-reactive ketones (excluding diaryl/α,β-unsaturated/α-hetero) is 1. The summed E-state index contributed by atoms with van der Waals surface area (Å²) in [6.45, 7) is 0.523. The largest absolute Gasteiger partial charge is 0.385 e. The van der Waals surface area contributed by atoms with Gasteiger partial charge >= 0.3 is 0 Å². The zero-order valence-corrected chi connectivity index (χ0v) is 10.3. The maximum atomic E-state index is 13.3. The molecule has 2 N–H and O–H groups in total. The molecule has 0 saturated heterocycles. The van der Waals surface area contributed by atoms with Crippen molar-refractivity contribution < 1.29 is 18.3 Å². The van der Waals surface area contributed by atoms with Gasteiger partial charge in [-0.3, -0.25) is 4.79 Å². The summed E-state index contributed by atoms with van der Waals surface area (Å²) in [5.41, 5.74) is 5.72. The number of nitrogens with two attached hydrogens (primary N) is 1. The van der Waals surface area contributed by atoms with Crippen molar-refractivity contribution in [2.45, 2.75) is 25.3 Å². The molecular weight excluding hydrogens is 240 g/mol. The van der Waals surface area contributed by atoms with E-state index in [0.717, 1.165) is 18.2 Å². The lowest BCUT2D eigenvalue weighted by molar-refractivity contribution is -0.119. The molecule has 0 spiro atoms. The van der Waals surface area contributed by atoms with Gasteiger partial charge in [0.15, 0.2) is 5.78 Å². The molecule has 0 fully saturated rings. The Labute approximate surface area is 105 Å². The van der Waals surface area contributed by atoms with E-state index in [9.17, 15) is 13.6 Å². The molecule has 1 atom stereocenters. The van der Waals surface area contributed by atoms with Crippen molar-refractivity contribution in [2.24, 2.45) is 5.73 Å². The normalized spacial score (nSPS) is 12.4. The van der Waals surface area contributed by atoms with Gasteiger partial charge in [0.1, 0.15) is 11.6 Å². The minimum atomic E-state index is -0.664. The molecular formula is C13H17F2NO2. The van der Waals surface area contributed by atoms with Crippen molar-refractivity contribution in [1.29, 1.82) is 0 Å². The van der Waals surface area contributed by atoms with Gasteiger partial charge in [0, 0.05) is 20.1 Å². The van der Waals surface area contributed by atoms with Crippen LogP contribution in [0.5, 0.6) is 0 Å². The van der Waals surface area contributed by atoms with Crippen LogP contribution in [0, 0.1) is 11.6 Å². The lowest BCUT2D eigenvalue weighted by atomic mass is 10.0. The van der Waals surface area contributed by atoms with Crippen LogP contribution >= 0.6 is 0 Å². The van der Waals surface area contributed by atoms with Crippen LogP contribution in [0.25, 0.3) is 0 Å². The van der Waals surface area contributed by atoms with E-state index >= 15 is 0 Å². The van der Waals surface area contributed by atoms with Crippen LogP contribution in [0.2, 0.25) is 0 Å². The second kappa shape index (κ2) is 7.18. The fourth-order valence-electron chi connectivity index (χ4n) is 1.61. The van der Waals surface area contributed by atoms with E-state index in [0.29, 0.717) is 19.4 Å². The van der Waals surface area contributed by atoms with E-state index < -0.39 is 17.7 Å². The van der Waals surface area contributed by atoms with E-state index in [-0.39, 0.29) is 17.8 Å². The molecule has 0 heterocycles. The second-order valence-corrected chi connectivity index (χ2v) is 4.12. The lowest BCUT2D eigenvalue weighted by Crippen LogP contribution is -2.32. The first kappa shape index (κ1) is 14.7. The number of ether oxygens (including phenoxy) is 1. The average Bonchev–Trinajstić information content (AvgIpc) is 2.34. The Kier molecular flexibility index (Phi) is 5.88. The number of halogens is 2. The molecule has 0 aliphatic heterocycles. The summed E-state index contributed by atoms with van der Waals surface area (Å²) in [6.07, 6.45) is 0.955. The number of hydrogen-bond donors (Lipinski definition) is 1. The van der Waals surface area contributed by atoms with Crippen molar-refractivity contribution in [3.05, 3.63) is 35.4 Å². The third kappa shape index (κ3) is 4.50. The predicted molar refractivity (Wildman–Crippen MR) is 64.2 cm³/mol. The molecule has 0 aliphatic rings. The van der Waals surface area contributed by atoms with Crippen LogP contribution in [0.3, 0.4) is 0 Å². The van der Waals surface area contributed by atoms with E-state index in [1.807, 2.05) is 0 Å². The van der Waals surface area contributed by atoms with Gasteiger partial charge in [-0.2, -0.15) is 0 Å². The zero-order chi connectivity index (χ0) is 13.5. The Balaban J connectivity index is 2.55. The van der Waals surface area contributed by atoms with Crippen LogP contribution in [-0.2, 0) is 16.0 Å². The van der Waals surface area contributed by atoms with Gasteiger partial charge in [-0.25, -0.2) is 8.78 Å². The third-order valence-electron chi connectivity index (χ3n) is 2.65. The van der Waals surface area contributed by atoms with Crippen LogP contribution in [0.1, 0.15) is 18.4 Å². The van der Waals surface area contributed by atoms with E-state index in [1.54, 1.807) is 7.11 Å². The van der Waals surface area contributed by atoms with E-state index in [4.69, 9.17) is 10.5 Å². The van der Waals surface area contributed by atoms with Gasteiger partial charge < -0.3 is 10.5 Å². The van der Waals surface area contributed by atoms with Crippen molar-refractivity contribution in [3.63, 3.8) is 0 Å². The monoisotopic (exact) mass is 257 g/mol. The SMILES string of the molecule is COCCCC(N)C(=O)Cc1cc(F)ccc1F. The highest BCUT2D eigenvalue weighted by molar-refractivity contribution is 5.85. The van der Waals surface area contributed by atoms with Crippen LogP contribution < -0.4 is 5.73 Å². The number of ketones is 1. The minimum absolute atomic E-state index is 0.0437. The van der Waals surface area contributed by atoms with Crippen LogP contribution in [-0.4, -0.2) is 25.5 Å². The summed E-state index contributed by atoms with van der Waals surface area (Å²) in [5.74, 6) is -1.45. The predicted octanol–water partition coefficient (Wildman–Crippen LogP) is 1.83. The Morgan fingerprint density at radius 3 is 2.83 bits per heavy atom. The summed E-state index contributed by atoms with van der Waals surface area (Å²) in [4.78, 5) is 11.7. The average molecular weight is 257 g/mol. The number of carbonyl (C=O) groups excluding carboxylic acids is 1. The Morgan fingerprint density at radius 2 is 2.17 bits per heavy atom. The lowest BCUT2D eigenvalue weighted by Gasteiger charge is -2.10. The summed E-state index contributed by atoms with van der Waals surface area (Å²) in [6, 6.07) is 2.38. The van der Waals surface area contributed by atoms with Gasteiger partial charge in [-0.15, -0.1) is 0 Å². The number of hydrogen-bond acceptors (Lipinski definition) is 3. The summed E-state index contributed by atoms with van der Waals surface area (Å²) in [7, 11) is 1.56. The highest BCUT2D eigenvalue weighted by Gasteiger charge is 2.16. The molecule has 1 unspecified atom stereocenters. The maximum Gasteiger partial charge on any atom is 0.153 e. The summed E-state index contributed by atoms with van der Waals surface area (Å²) >= 11 is 0. The van der Waals surface area contributed by atoms with E-state index in [2.05, 4.69) is 0 Å². The molecule has 0 radical (unpaired) electrons. The van der Waals surface area contributed by atoms with Gasteiger partial charge in [0.2, 0.25) is 0 Å². The summed E-state index contributed by atoms with van der Waals surface area (Å²) in [5, 5.41) is 0. The molecule has 0 bridgehead atoms. The number of carbonyl (C=O) groups is 1. The topological polar surface area (TPSA) is 52.3 Å². The van der Waals surface area contributed by atoms with Gasteiger partial charge in [0.25, 0.3) is 0 Å². The van der Waals surface area contributed by atoms with Crippen molar-refractivity contribution >= 4 is 5.78 Å². The van der Waals surface area contributed by atoms with Gasteiger partial charge in [-0.05, 0) is 36.6 Å². The first-order chi connectivity index (χ1) is 8.54.